The van der Waals surface area contributed by atoms with Crippen LogP contribution in [0, 0.1) is 0 Å². The van der Waals surface area contributed by atoms with E-state index < -0.39 is 0 Å². The molecular formula is C8H7BrClNO. The van der Waals surface area contributed by atoms with Crippen LogP contribution in [0.3, 0.4) is 0 Å². The van der Waals surface area contributed by atoms with Crippen molar-refractivity contribution >= 4 is 33.6 Å². The molecule has 64 valence electrons. The lowest BCUT2D eigenvalue weighted by Gasteiger charge is -1.97. The minimum Gasteiger partial charge on any atom is -0.392 e. The van der Waals surface area contributed by atoms with Gasteiger partial charge < -0.3 is 5.11 Å². The van der Waals surface area contributed by atoms with Gasteiger partial charge in [0, 0.05) is 10.7 Å². The highest BCUT2D eigenvalue weighted by molar-refractivity contribution is 9.10. The van der Waals surface area contributed by atoms with Gasteiger partial charge in [0.05, 0.1) is 6.61 Å². The molecule has 0 aliphatic heterocycles. The molecule has 0 fully saturated rings. The second-order valence-corrected chi connectivity index (χ2v) is 3.36. The van der Waals surface area contributed by atoms with Gasteiger partial charge >= 0.3 is 0 Å². The smallest absolute Gasteiger partial charge is 0.129 e. The first-order chi connectivity index (χ1) is 5.74. The summed E-state index contributed by atoms with van der Waals surface area (Å²) in [6.45, 7) is 0.0202. The molecule has 0 aliphatic rings. The van der Waals surface area contributed by atoms with E-state index in [0.717, 1.165) is 10.0 Å². The first kappa shape index (κ1) is 9.71. The van der Waals surface area contributed by atoms with Gasteiger partial charge in [-0.1, -0.05) is 23.8 Å². The Bertz CT molecular complexity index is 301. The zero-order valence-electron chi connectivity index (χ0n) is 6.17. The summed E-state index contributed by atoms with van der Waals surface area (Å²) in [6, 6.07) is 1.72. The number of nitrogens with zero attached hydrogens (tertiary/aromatic N) is 1. The molecule has 1 N–H and O–H groups in total. The number of halogens is 2. The van der Waals surface area contributed by atoms with Crippen molar-refractivity contribution in [2.45, 2.75) is 0 Å². The Labute approximate surface area is 84.0 Å². The van der Waals surface area contributed by atoms with Gasteiger partial charge in [0.15, 0.2) is 0 Å². The summed E-state index contributed by atoms with van der Waals surface area (Å²) < 4.78 is 0.858. The zero-order valence-corrected chi connectivity index (χ0v) is 8.51. The molecule has 12 heavy (non-hydrogen) atoms. The van der Waals surface area contributed by atoms with Gasteiger partial charge in [-0.25, -0.2) is 4.98 Å². The van der Waals surface area contributed by atoms with E-state index in [9.17, 15) is 0 Å². The van der Waals surface area contributed by atoms with E-state index in [4.69, 9.17) is 16.7 Å². The number of hydrogen-bond donors (Lipinski definition) is 1. The summed E-state index contributed by atoms with van der Waals surface area (Å²) in [7, 11) is 0. The normalized spacial score (nSPS) is 10.9. The zero-order chi connectivity index (χ0) is 8.97. The molecule has 2 nitrogen and oxygen atoms in total. The predicted octanol–water partition coefficient (Wildman–Crippen LogP) is 2.50. The molecule has 0 aliphatic carbocycles. The van der Waals surface area contributed by atoms with Gasteiger partial charge in [-0.05, 0) is 27.6 Å². The molecule has 1 rings (SSSR count). The molecule has 0 aromatic carbocycles. The Morgan fingerprint density at radius 2 is 2.42 bits per heavy atom. The van der Waals surface area contributed by atoms with Crippen LogP contribution < -0.4 is 0 Å². The Hall–Kier alpha value is -0.380. The maximum Gasteiger partial charge on any atom is 0.129 e. The summed E-state index contributed by atoms with van der Waals surface area (Å²) >= 11 is 8.97. The van der Waals surface area contributed by atoms with Crippen LogP contribution >= 0.6 is 27.5 Å². The SMILES string of the molecule is OC/C=C/c1cc(Cl)ncc1Br. The van der Waals surface area contributed by atoms with Crippen molar-refractivity contribution in [2.24, 2.45) is 0 Å². The average Bonchev–Trinajstić information content (AvgIpc) is 2.07. The Balaban J connectivity index is 2.97. The van der Waals surface area contributed by atoms with Crippen molar-refractivity contribution in [3.8, 4) is 0 Å². The first-order valence-corrected chi connectivity index (χ1v) is 4.49. The van der Waals surface area contributed by atoms with Crippen LogP contribution in [-0.4, -0.2) is 16.7 Å². The van der Waals surface area contributed by atoms with E-state index in [1.165, 1.54) is 0 Å². The van der Waals surface area contributed by atoms with Crippen molar-refractivity contribution in [1.82, 2.24) is 4.98 Å². The molecule has 1 aromatic heterocycles. The summed E-state index contributed by atoms with van der Waals surface area (Å²) in [5, 5.41) is 8.98. The highest BCUT2D eigenvalue weighted by atomic mass is 79.9. The third kappa shape index (κ3) is 2.59. The fourth-order valence-electron chi connectivity index (χ4n) is 0.735. The van der Waals surface area contributed by atoms with Crippen molar-refractivity contribution in [3.05, 3.63) is 33.5 Å². The summed E-state index contributed by atoms with van der Waals surface area (Å²) in [4.78, 5) is 3.87. The third-order valence-corrected chi connectivity index (χ3v) is 2.12. The number of hydrogen-bond acceptors (Lipinski definition) is 2. The number of aliphatic hydroxyl groups is 1. The van der Waals surface area contributed by atoms with Gasteiger partial charge in [0.2, 0.25) is 0 Å². The van der Waals surface area contributed by atoms with Crippen LogP contribution in [0.1, 0.15) is 5.56 Å². The second-order valence-electron chi connectivity index (χ2n) is 2.11. The van der Waals surface area contributed by atoms with Crippen LogP contribution in [0.5, 0.6) is 0 Å². The van der Waals surface area contributed by atoms with E-state index in [1.807, 2.05) is 0 Å². The van der Waals surface area contributed by atoms with E-state index >= 15 is 0 Å². The Morgan fingerprint density at radius 3 is 3.08 bits per heavy atom. The molecular weight excluding hydrogens is 241 g/mol. The van der Waals surface area contributed by atoms with E-state index in [-0.39, 0.29) is 6.61 Å². The standard InChI is InChI=1S/C8H7BrClNO/c9-7-5-11-8(10)4-6(7)2-1-3-12/h1-2,4-5,12H,3H2/b2-1+. The molecule has 0 amide bonds. The lowest BCUT2D eigenvalue weighted by molar-refractivity contribution is 0.343. The molecule has 0 spiro atoms. The van der Waals surface area contributed by atoms with Gasteiger partial charge in [-0.15, -0.1) is 0 Å². The Kier molecular flexibility index (Phi) is 3.72. The van der Waals surface area contributed by atoms with Gasteiger partial charge in [0.1, 0.15) is 5.15 Å². The van der Waals surface area contributed by atoms with E-state index in [1.54, 1.807) is 24.4 Å². The van der Waals surface area contributed by atoms with Crippen LogP contribution in [0.4, 0.5) is 0 Å². The summed E-state index contributed by atoms with van der Waals surface area (Å²) in [5.41, 5.74) is 0.907. The van der Waals surface area contributed by atoms with E-state index in [0.29, 0.717) is 5.15 Å². The maximum atomic E-state index is 8.54. The van der Waals surface area contributed by atoms with Gasteiger partial charge in [-0.3, -0.25) is 0 Å². The van der Waals surface area contributed by atoms with Crippen molar-refractivity contribution < 1.29 is 5.11 Å². The van der Waals surface area contributed by atoms with Gasteiger partial charge in [-0.2, -0.15) is 0 Å². The Morgan fingerprint density at radius 1 is 1.67 bits per heavy atom. The molecule has 0 radical (unpaired) electrons. The van der Waals surface area contributed by atoms with E-state index in [2.05, 4.69) is 20.9 Å². The molecule has 0 saturated heterocycles. The van der Waals surface area contributed by atoms with Crippen LogP contribution in [-0.2, 0) is 0 Å². The number of pyridine rings is 1. The topological polar surface area (TPSA) is 33.1 Å². The fraction of sp³-hybridized carbons (Fsp3) is 0.125. The lowest BCUT2D eigenvalue weighted by Crippen LogP contribution is -1.80. The minimum atomic E-state index is 0.0202. The lowest BCUT2D eigenvalue weighted by atomic mass is 10.2. The fourth-order valence-corrected chi connectivity index (χ4v) is 1.25. The molecule has 0 bridgehead atoms. The molecule has 0 saturated carbocycles. The quantitative estimate of drug-likeness (QED) is 0.816. The molecule has 0 unspecified atom stereocenters. The van der Waals surface area contributed by atoms with Crippen LogP contribution in [0.25, 0.3) is 6.08 Å². The minimum absolute atomic E-state index is 0.0202. The monoisotopic (exact) mass is 247 g/mol. The molecule has 1 aromatic rings. The summed E-state index contributed by atoms with van der Waals surface area (Å²) in [6.07, 6.45) is 5.04. The summed E-state index contributed by atoms with van der Waals surface area (Å²) in [5.74, 6) is 0. The molecule has 0 atom stereocenters. The predicted molar refractivity (Wildman–Crippen MR) is 53.1 cm³/mol. The number of rotatable bonds is 2. The first-order valence-electron chi connectivity index (χ1n) is 3.32. The highest BCUT2D eigenvalue weighted by Gasteiger charge is 1.96. The van der Waals surface area contributed by atoms with Crippen molar-refractivity contribution in [2.75, 3.05) is 6.61 Å². The molecule has 1 heterocycles. The largest absolute Gasteiger partial charge is 0.392 e. The number of aromatic nitrogens is 1. The second kappa shape index (κ2) is 4.60. The van der Waals surface area contributed by atoms with Crippen LogP contribution in [0.15, 0.2) is 22.8 Å². The average molecular weight is 249 g/mol. The number of aliphatic hydroxyl groups excluding tert-OH is 1. The highest BCUT2D eigenvalue weighted by Crippen LogP contribution is 2.19. The van der Waals surface area contributed by atoms with Crippen molar-refractivity contribution in [1.29, 1.82) is 0 Å². The van der Waals surface area contributed by atoms with Crippen molar-refractivity contribution in [3.63, 3.8) is 0 Å². The third-order valence-electron chi connectivity index (χ3n) is 1.25. The van der Waals surface area contributed by atoms with Crippen LogP contribution in [0.2, 0.25) is 5.15 Å². The van der Waals surface area contributed by atoms with Gasteiger partial charge in [0.25, 0.3) is 0 Å². The molecule has 4 heteroatoms. The maximum absolute atomic E-state index is 8.54.